The zero-order valence-electron chi connectivity index (χ0n) is 14.3. The Morgan fingerprint density at radius 2 is 1.76 bits per heavy atom. The van der Waals surface area contributed by atoms with Crippen LogP contribution in [0.3, 0.4) is 0 Å². The van der Waals surface area contributed by atoms with Gasteiger partial charge in [-0.1, -0.05) is 46.3 Å². The Balaban J connectivity index is 2.03. The molecule has 0 bridgehead atoms. The van der Waals surface area contributed by atoms with E-state index >= 15 is 0 Å². The molecule has 0 saturated heterocycles. The van der Waals surface area contributed by atoms with Crippen LogP contribution in [0.25, 0.3) is 0 Å². The van der Waals surface area contributed by atoms with Crippen molar-refractivity contribution in [2.24, 2.45) is 0 Å². The highest BCUT2D eigenvalue weighted by molar-refractivity contribution is 9.10. The van der Waals surface area contributed by atoms with Crippen molar-refractivity contribution in [1.29, 1.82) is 0 Å². The molecule has 2 aromatic rings. The van der Waals surface area contributed by atoms with E-state index in [2.05, 4.69) is 29.1 Å². The molecule has 1 aliphatic heterocycles. The molecule has 1 heterocycles. The Morgan fingerprint density at radius 3 is 2.40 bits per heavy atom. The first-order chi connectivity index (χ1) is 12.1. The fraction of sp³-hybridized carbons (Fsp3) is 0.190. The van der Waals surface area contributed by atoms with Crippen LogP contribution in [0.15, 0.2) is 82.6 Å². The molecule has 2 aromatic carbocycles. The summed E-state index contributed by atoms with van der Waals surface area (Å²) in [5.74, 6) is -0.363. The Hall–Kier alpha value is -2.33. The second-order valence-corrected chi connectivity index (χ2v) is 6.82. The monoisotopic (exact) mass is 397 g/mol. The van der Waals surface area contributed by atoms with Gasteiger partial charge in [-0.3, -0.25) is 0 Å². The minimum atomic E-state index is -0.272. The molecule has 0 saturated carbocycles. The lowest BCUT2D eigenvalue weighted by atomic mass is 9.84. The van der Waals surface area contributed by atoms with Crippen LogP contribution in [-0.4, -0.2) is 12.6 Å². The fourth-order valence-corrected chi connectivity index (χ4v) is 3.30. The highest BCUT2D eigenvalue weighted by Crippen LogP contribution is 2.37. The summed E-state index contributed by atoms with van der Waals surface area (Å²) in [6.45, 7) is 4.24. The Bertz CT molecular complexity index is 810. The van der Waals surface area contributed by atoms with Crippen LogP contribution >= 0.6 is 15.9 Å². The van der Waals surface area contributed by atoms with Crippen LogP contribution in [0.4, 0.5) is 5.69 Å². The van der Waals surface area contributed by atoms with Gasteiger partial charge < -0.3 is 9.64 Å². The van der Waals surface area contributed by atoms with Gasteiger partial charge in [-0.15, -0.1) is 0 Å². The molecule has 4 heteroatoms. The highest BCUT2D eigenvalue weighted by atomic mass is 79.9. The number of rotatable bonds is 4. The molecular weight excluding hydrogens is 378 g/mol. The van der Waals surface area contributed by atoms with E-state index < -0.39 is 0 Å². The summed E-state index contributed by atoms with van der Waals surface area (Å²) in [4.78, 5) is 14.6. The van der Waals surface area contributed by atoms with Gasteiger partial charge in [0.05, 0.1) is 12.2 Å². The van der Waals surface area contributed by atoms with E-state index in [4.69, 9.17) is 4.74 Å². The number of nitrogens with zero attached hydrogens (tertiary/aromatic N) is 1. The third-order valence-corrected chi connectivity index (χ3v) is 4.68. The topological polar surface area (TPSA) is 29.5 Å². The van der Waals surface area contributed by atoms with Crippen LogP contribution in [0, 0.1) is 0 Å². The first kappa shape index (κ1) is 17.5. The van der Waals surface area contributed by atoms with Crippen molar-refractivity contribution in [2.45, 2.75) is 19.8 Å². The van der Waals surface area contributed by atoms with Crippen LogP contribution in [0.5, 0.6) is 0 Å². The minimum absolute atomic E-state index is 0.0908. The number of allylic oxidation sites excluding steroid dienone is 1. The third kappa shape index (κ3) is 3.85. The van der Waals surface area contributed by atoms with Gasteiger partial charge in [-0.25, -0.2) is 4.79 Å². The molecule has 3 rings (SSSR count). The first-order valence-corrected chi connectivity index (χ1v) is 9.05. The summed E-state index contributed by atoms with van der Waals surface area (Å²) >= 11 is 3.45. The van der Waals surface area contributed by atoms with E-state index in [0.717, 1.165) is 21.3 Å². The van der Waals surface area contributed by atoms with E-state index in [-0.39, 0.29) is 11.9 Å². The van der Waals surface area contributed by atoms with Crippen LogP contribution in [0.2, 0.25) is 0 Å². The molecule has 3 nitrogen and oxygen atoms in total. The Labute approximate surface area is 156 Å². The van der Waals surface area contributed by atoms with Gasteiger partial charge >= 0.3 is 5.97 Å². The van der Waals surface area contributed by atoms with Gasteiger partial charge in [0.1, 0.15) is 0 Å². The molecule has 0 spiro atoms. The highest BCUT2D eigenvalue weighted by Gasteiger charge is 2.29. The molecule has 0 aliphatic carbocycles. The number of ether oxygens (including phenoxy) is 1. The number of carbonyl (C=O) groups is 1. The maximum atomic E-state index is 12.6. The van der Waals surface area contributed by atoms with E-state index in [9.17, 15) is 4.79 Å². The predicted molar refractivity (Wildman–Crippen MR) is 104 cm³/mol. The van der Waals surface area contributed by atoms with Crippen molar-refractivity contribution < 1.29 is 9.53 Å². The normalized spacial score (nSPS) is 16.9. The van der Waals surface area contributed by atoms with E-state index in [1.54, 1.807) is 0 Å². The van der Waals surface area contributed by atoms with E-state index in [1.165, 1.54) is 0 Å². The standard InChI is InChI=1S/C21H20BrNO2/c1-3-25-21(24)19-14-23(18-11-9-17(22)10-12-18)13-15(2)20(19)16-7-5-4-6-8-16/h4-14,20H,3H2,1-2H3. The lowest BCUT2D eigenvalue weighted by molar-refractivity contribution is -0.138. The maximum Gasteiger partial charge on any atom is 0.336 e. The summed E-state index contributed by atoms with van der Waals surface area (Å²) in [6, 6.07) is 18.0. The number of anilines is 1. The number of benzene rings is 2. The predicted octanol–water partition coefficient (Wildman–Crippen LogP) is 5.40. The largest absolute Gasteiger partial charge is 0.463 e. The summed E-state index contributed by atoms with van der Waals surface area (Å²) in [5.41, 5.74) is 3.83. The molecule has 0 aromatic heterocycles. The maximum absolute atomic E-state index is 12.6. The van der Waals surface area contributed by atoms with Crippen molar-refractivity contribution >= 4 is 27.6 Å². The lowest BCUT2D eigenvalue weighted by Gasteiger charge is -2.30. The van der Waals surface area contributed by atoms with Gasteiger partial charge in [-0.05, 0) is 49.2 Å². The average molecular weight is 398 g/mol. The molecule has 1 unspecified atom stereocenters. The summed E-state index contributed by atoms with van der Waals surface area (Å²) in [6.07, 6.45) is 3.95. The molecule has 0 radical (unpaired) electrons. The van der Waals surface area contributed by atoms with Crippen molar-refractivity contribution in [3.05, 3.63) is 88.2 Å². The SMILES string of the molecule is CCOC(=O)C1=CN(c2ccc(Br)cc2)C=C(C)C1c1ccccc1. The van der Waals surface area contributed by atoms with E-state index in [0.29, 0.717) is 12.2 Å². The quantitative estimate of drug-likeness (QED) is 0.646. The molecule has 1 atom stereocenters. The van der Waals surface area contributed by atoms with Crippen molar-refractivity contribution in [3.8, 4) is 0 Å². The average Bonchev–Trinajstić information content (AvgIpc) is 2.62. The van der Waals surface area contributed by atoms with Gasteiger partial charge in [0, 0.05) is 28.5 Å². The van der Waals surface area contributed by atoms with Crippen LogP contribution in [-0.2, 0) is 9.53 Å². The number of esters is 1. The number of hydrogen-bond donors (Lipinski definition) is 0. The van der Waals surface area contributed by atoms with Crippen molar-refractivity contribution in [2.75, 3.05) is 11.5 Å². The van der Waals surface area contributed by atoms with Gasteiger partial charge in [0.25, 0.3) is 0 Å². The van der Waals surface area contributed by atoms with Gasteiger partial charge in [-0.2, -0.15) is 0 Å². The molecule has 0 amide bonds. The third-order valence-electron chi connectivity index (χ3n) is 4.16. The second-order valence-electron chi connectivity index (χ2n) is 5.91. The number of carbonyl (C=O) groups excluding carboxylic acids is 1. The van der Waals surface area contributed by atoms with Crippen LogP contribution in [0.1, 0.15) is 25.3 Å². The molecule has 0 fully saturated rings. The zero-order chi connectivity index (χ0) is 17.8. The molecule has 1 aliphatic rings. The van der Waals surface area contributed by atoms with Gasteiger partial charge in [0.2, 0.25) is 0 Å². The van der Waals surface area contributed by atoms with Crippen molar-refractivity contribution in [3.63, 3.8) is 0 Å². The fourth-order valence-electron chi connectivity index (χ4n) is 3.04. The molecule has 128 valence electrons. The summed E-state index contributed by atoms with van der Waals surface area (Å²) in [7, 11) is 0. The summed E-state index contributed by atoms with van der Waals surface area (Å²) in [5, 5.41) is 0. The first-order valence-electron chi connectivity index (χ1n) is 8.26. The van der Waals surface area contributed by atoms with Crippen molar-refractivity contribution in [1.82, 2.24) is 0 Å². The number of halogens is 1. The molecular formula is C21H20BrNO2. The molecule has 25 heavy (non-hydrogen) atoms. The smallest absolute Gasteiger partial charge is 0.336 e. The van der Waals surface area contributed by atoms with Crippen LogP contribution < -0.4 is 4.90 Å². The number of hydrogen-bond acceptors (Lipinski definition) is 3. The summed E-state index contributed by atoms with van der Waals surface area (Å²) < 4.78 is 6.34. The van der Waals surface area contributed by atoms with E-state index in [1.807, 2.05) is 72.6 Å². The Kier molecular flexibility index (Phi) is 5.39. The second kappa shape index (κ2) is 7.70. The minimum Gasteiger partial charge on any atom is -0.463 e. The lowest BCUT2D eigenvalue weighted by Crippen LogP contribution is -2.24. The molecule has 0 N–H and O–H groups in total. The Morgan fingerprint density at radius 1 is 1.08 bits per heavy atom. The zero-order valence-corrected chi connectivity index (χ0v) is 15.9. The van der Waals surface area contributed by atoms with Gasteiger partial charge in [0.15, 0.2) is 0 Å².